The van der Waals surface area contributed by atoms with Crippen LogP contribution in [0.2, 0.25) is 0 Å². The Morgan fingerprint density at radius 2 is 1.50 bits per heavy atom. The minimum atomic E-state index is -4.26. The van der Waals surface area contributed by atoms with Crippen molar-refractivity contribution in [1.82, 2.24) is 10.2 Å². The fourth-order valence-corrected chi connectivity index (χ4v) is 5.15. The standard InChI is InChI=1S/C28H31F2N3O4S/c1-4-20(2)31-28(35)21(3)32(18-22-10-8-9-13-26(22)30)27(34)19-33(24-16-14-23(29)15-17-24)38(36,37)25-11-6-5-7-12-25/h5-17,20-21H,4,18-19H2,1-3H3,(H,31,35)/t20-,21+/m1/s1. The molecule has 0 radical (unpaired) electrons. The number of carbonyl (C=O) groups excluding carboxylic acids is 2. The molecule has 0 saturated heterocycles. The highest BCUT2D eigenvalue weighted by atomic mass is 32.2. The molecule has 7 nitrogen and oxygen atoms in total. The van der Waals surface area contributed by atoms with E-state index in [0.29, 0.717) is 6.42 Å². The van der Waals surface area contributed by atoms with Crippen LogP contribution in [0.3, 0.4) is 0 Å². The molecule has 2 atom stereocenters. The third-order valence-electron chi connectivity index (χ3n) is 6.19. The fraction of sp³-hybridized carbons (Fsp3) is 0.286. The van der Waals surface area contributed by atoms with Gasteiger partial charge in [-0.15, -0.1) is 0 Å². The average Bonchev–Trinajstić information content (AvgIpc) is 2.91. The second kappa shape index (κ2) is 12.6. The number of carbonyl (C=O) groups is 2. The number of nitrogens with zero attached hydrogens (tertiary/aromatic N) is 2. The van der Waals surface area contributed by atoms with E-state index in [1.54, 1.807) is 24.3 Å². The number of halogens is 2. The summed E-state index contributed by atoms with van der Waals surface area (Å²) in [6.07, 6.45) is 0.660. The van der Waals surface area contributed by atoms with Crippen LogP contribution in [0.5, 0.6) is 0 Å². The molecular weight excluding hydrogens is 512 g/mol. The van der Waals surface area contributed by atoms with Crippen molar-refractivity contribution in [3.63, 3.8) is 0 Å². The summed E-state index contributed by atoms with van der Waals surface area (Å²) in [5.41, 5.74) is 0.231. The molecule has 10 heteroatoms. The zero-order valence-electron chi connectivity index (χ0n) is 21.5. The quantitative estimate of drug-likeness (QED) is 0.386. The first-order valence-corrected chi connectivity index (χ1v) is 13.6. The molecule has 0 aromatic heterocycles. The van der Waals surface area contributed by atoms with Gasteiger partial charge in [0, 0.05) is 18.2 Å². The summed E-state index contributed by atoms with van der Waals surface area (Å²) < 4.78 is 56.2. The molecule has 0 spiro atoms. The van der Waals surface area contributed by atoms with Crippen molar-refractivity contribution in [1.29, 1.82) is 0 Å². The smallest absolute Gasteiger partial charge is 0.264 e. The van der Waals surface area contributed by atoms with Gasteiger partial charge in [0.05, 0.1) is 10.6 Å². The summed E-state index contributed by atoms with van der Waals surface area (Å²) in [5.74, 6) is -2.33. The van der Waals surface area contributed by atoms with Gasteiger partial charge in [-0.1, -0.05) is 43.3 Å². The Hall–Kier alpha value is -3.79. The molecule has 0 saturated carbocycles. The van der Waals surface area contributed by atoms with E-state index >= 15 is 0 Å². The zero-order valence-corrected chi connectivity index (χ0v) is 22.3. The van der Waals surface area contributed by atoms with Crippen molar-refractivity contribution in [2.75, 3.05) is 10.8 Å². The van der Waals surface area contributed by atoms with Gasteiger partial charge in [0.1, 0.15) is 24.2 Å². The van der Waals surface area contributed by atoms with Crippen LogP contribution in [0.15, 0.2) is 83.8 Å². The Kier molecular flexibility index (Phi) is 9.57. The first kappa shape index (κ1) is 28.8. The Bertz CT molecular complexity index is 1350. The number of anilines is 1. The highest BCUT2D eigenvalue weighted by Crippen LogP contribution is 2.25. The maximum Gasteiger partial charge on any atom is 0.264 e. The van der Waals surface area contributed by atoms with Crippen LogP contribution in [0, 0.1) is 11.6 Å². The second-order valence-electron chi connectivity index (χ2n) is 8.91. The van der Waals surface area contributed by atoms with Gasteiger partial charge >= 0.3 is 0 Å². The van der Waals surface area contributed by atoms with Gasteiger partial charge in [0.2, 0.25) is 11.8 Å². The van der Waals surface area contributed by atoms with E-state index in [4.69, 9.17) is 0 Å². The van der Waals surface area contributed by atoms with Crippen LogP contribution in [-0.2, 0) is 26.2 Å². The number of benzene rings is 3. The predicted molar refractivity (Wildman–Crippen MR) is 142 cm³/mol. The van der Waals surface area contributed by atoms with Crippen molar-refractivity contribution in [3.05, 3.63) is 96.1 Å². The van der Waals surface area contributed by atoms with E-state index in [9.17, 15) is 26.8 Å². The minimum Gasteiger partial charge on any atom is -0.352 e. The molecule has 0 fully saturated rings. The van der Waals surface area contributed by atoms with Crippen LogP contribution >= 0.6 is 0 Å². The number of rotatable bonds is 11. The van der Waals surface area contributed by atoms with Crippen LogP contribution in [0.25, 0.3) is 0 Å². The third kappa shape index (κ3) is 6.95. The number of amides is 2. The van der Waals surface area contributed by atoms with Crippen LogP contribution in [0.4, 0.5) is 14.5 Å². The fourth-order valence-electron chi connectivity index (χ4n) is 3.71. The van der Waals surface area contributed by atoms with Gasteiger partial charge in [0.25, 0.3) is 10.0 Å². The predicted octanol–water partition coefficient (Wildman–Crippen LogP) is 4.49. The highest BCUT2D eigenvalue weighted by Gasteiger charge is 2.33. The second-order valence-corrected chi connectivity index (χ2v) is 10.8. The van der Waals surface area contributed by atoms with Gasteiger partial charge < -0.3 is 10.2 Å². The molecule has 38 heavy (non-hydrogen) atoms. The maximum atomic E-state index is 14.5. The van der Waals surface area contributed by atoms with Crippen molar-refractivity contribution < 1.29 is 26.8 Å². The summed E-state index contributed by atoms with van der Waals surface area (Å²) in [4.78, 5) is 27.8. The molecule has 0 unspecified atom stereocenters. The van der Waals surface area contributed by atoms with E-state index in [2.05, 4.69) is 5.32 Å². The average molecular weight is 544 g/mol. The molecule has 3 aromatic carbocycles. The normalized spacial score (nSPS) is 12.9. The highest BCUT2D eigenvalue weighted by molar-refractivity contribution is 7.92. The maximum absolute atomic E-state index is 14.5. The van der Waals surface area contributed by atoms with Crippen LogP contribution in [0.1, 0.15) is 32.8 Å². The largest absolute Gasteiger partial charge is 0.352 e. The topological polar surface area (TPSA) is 86.8 Å². The van der Waals surface area contributed by atoms with Crippen molar-refractivity contribution >= 4 is 27.5 Å². The number of hydrogen-bond acceptors (Lipinski definition) is 4. The molecule has 202 valence electrons. The molecule has 0 aliphatic rings. The van der Waals surface area contributed by atoms with Gasteiger partial charge in [-0.05, 0) is 62.7 Å². The summed E-state index contributed by atoms with van der Waals surface area (Å²) in [6.45, 7) is 4.26. The monoisotopic (exact) mass is 543 g/mol. The van der Waals surface area contributed by atoms with E-state index < -0.39 is 46.1 Å². The zero-order chi connectivity index (χ0) is 27.9. The van der Waals surface area contributed by atoms with E-state index in [1.807, 2.05) is 13.8 Å². The van der Waals surface area contributed by atoms with Crippen molar-refractivity contribution in [2.24, 2.45) is 0 Å². The molecule has 0 bridgehead atoms. The molecule has 3 rings (SSSR count). The van der Waals surface area contributed by atoms with E-state index in [1.165, 1.54) is 49.4 Å². The molecule has 0 heterocycles. The lowest BCUT2D eigenvalue weighted by molar-refractivity contribution is -0.139. The Balaban J connectivity index is 2.02. The third-order valence-corrected chi connectivity index (χ3v) is 7.98. The first-order chi connectivity index (χ1) is 18.0. The summed E-state index contributed by atoms with van der Waals surface area (Å²) >= 11 is 0. The first-order valence-electron chi connectivity index (χ1n) is 12.2. The summed E-state index contributed by atoms with van der Waals surface area (Å²) in [5, 5.41) is 2.81. The van der Waals surface area contributed by atoms with Gasteiger partial charge in [-0.3, -0.25) is 13.9 Å². The van der Waals surface area contributed by atoms with Crippen molar-refractivity contribution in [2.45, 2.75) is 50.7 Å². The molecule has 0 aliphatic heterocycles. The van der Waals surface area contributed by atoms with E-state index in [0.717, 1.165) is 21.3 Å². The SMILES string of the molecule is CC[C@@H](C)NC(=O)[C@H](C)N(Cc1ccccc1F)C(=O)CN(c1ccc(F)cc1)S(=O)(=O)c1ccccc1. The molecule has 0 aliphatic carbocycles. The molecule has 1 N–H and O–H groups in total. The van der Waals surface area contributed by atoms with E-state index in [-0.39, 0.29) is 28.7 Å². The lowest BCUT2D eigenvalue weighted by Gasteiger charge is -2.32. The molecule has 3 aromatic rings. The molecular formula is C28H31F2N3O4S. The number of nitrogens with one attached hydrogen (secondary N) is 1. The lowest BCUT2D eigenvalue weighted by Crippen LogP contribution is -2.52. The van der Waals surface area contributed by atoms with Gasteiger partial charge in [-0.25, -0.2) is 17.2 Å². The Morgan fingerprint density at radius 3 is 2.11 bits per heavy atom. The lowest BCUT2D eigenvalue weighted by atomic mass is 10.1. The van der Waals surface area contributed by atoms with Gasteiger partial charge in [0.15, 0.2) is 0 Å². The van der Waals surface area contributed by atoms with Gasteiger partial charge in [-0.2, -0.15) is 0 Å². The van der Waals surface area contributed by atoms with Crippen LogP contribution < -0.4 is 9.62 Å². The summed E-state index contributed by atoms with van der Waals surface area (Å²) in [7, 11) is -4.26. The Labute approximate surface area is 222 Å². The Morgan fingerprint density at radius 1 is 0.895 bits per heavy atom. The summed E-state index contributed by atoms with van der Waals surface area (Å²) in [6, 6.07) is 16.8. The van der Waals surface area contributed by atoms with Crippen molar-refractivity contribution in [3.8, 4) is 0 Å². The molecule has 2 amide bonds. The van der Waals surface area contributed by atoms with Crippen LogP contribution in [-0.4, -0.2) is 43.8 Å². The number of sulfonamides is 1. The minimum absolute atomic E-state index is 0.0613. The number of hydrogen-bond donors (Lipinski definition) is 1.